The largest absolute Gasteiger partial charge is 0.364 e. The molecule has 3 heterocycles. The molecule has 1 amide bonds. The maximum atomic E-state index is 11.3. The lowest BCUT2D eigenvalue weighted by molar-refractivity contribution is 0.0995. The second kappa shape index (κ2) is 5.20. The van der Waals surface area contributed by atoms with Crippen molar-refractivity contribution in [3.05, 3.63) is 65.4 Å². The maximum Gasteiger partial charge on any atom is 0.267 e. The van der Waals surface area contributed by atoms with Crippen molar-refractivity contribution in [2.45, 2.75) is 6.92 Å². The second-order valence-electron chi connectivity index (χ2n) is 4.74. The zero-order valence-corrected chi connectivity index (χ0v) is 11.5. The molecule has 0 aliphatic rings. The van der Waals surface area contributed by atoms with E-state index < -0.39 is 5.91 Å². The molecule has 3 aromatic rings. The summed E-state index contributed by atoms with van der Waals surface area (Å²) < 4.78 is 1.69. The van der Waals surface area contributed by atoms with E-state index in [2.05, 4.69) is 9.97 Å². The summed E-state index contributed by atoms with van der Waals surface area (Å²) >= 11 is 0. The van der Waals surface area contributed by atoms with Crippen LogP contribution in [0.5, 0.6) is 0 Å². The molecule has 0 fully saturated rings. The number of imidazole rings is 1. The minimum absolute atomic E-state index is 0.369. The molecule has 5 heteroatoms. The van der Waals surface area contributed by atoms with Crippen molar-refractivity contribution >= 4 is 23.7 Å². The van der Waals surface area contributed by atoms with Gasteiger partial charge in [0.15, 0.2) is 0 Å². The van der Waals surface area contributed by atoms with E-state index in [0.717, 1.165) is 17.0 Å². The van der Waals surface area contributed by atoms with Crippen LogP contribution in [-0.4, -0.2) is 20.3 Å². The molecular weight excluding hydrogens is 264 g/mol. The first-order valence-corrected chi connectivity index (χ1v) is 6.52. The minimum atomic E-state index is -0.496. The van der Waals surface area contributed by atoms with Crippen molar-refractivity contribution in [1.82, 2.24) is 14.4 Å². The van der Waals surface area contributed by atoms with Gasteiger partial charge in [0.25, 0.3) is 5.91 Å². The first kappa shape index (κ1) is 13.1. The molecule has 21 heavy (non-hydrogen) atoms. The topological polar surface area (TPSA) is 73.3 Å². The number of aromatic nitrogens is 3. The van der Waals surface area contributed by atoms with Gasteiger partial charge in [-0.05, 0) is 42.8 Å². The van der Waals surface area contributed by atoms with Crippen molar-refractivity contribution in [1.29, 1.82) is 0 Å². The van der Waals surface area contributed by atoms with Crippen LogP contribution in [0.2, 0.25) is 0 Å². The van der Waals surface area contributed by atoms with E-state index >= 15 is 0 Å². The Morgan fingerprint density at radius 1 is 1.24 bits per heavy atom. The van der Waals surface area contributed by atoms with E-state index in [0.29, 0.717) is 11.3 Å². The van der Waals surface area contributed by atoms with Crippen LogP contribution in [0.4, 0.5) is 0 Å². The SMILES string of the molecule is Cc1cccc(/C=C\c2ccc3ncc(C(N)=O)n3c2)n1. The predicted molar refractivity (Wildman–Crippen MR) is 81.6 cm³/mol. The summed E-state index contributed by atoms with van der Waals surface area (Å²) in [5, 5.41) is 0. The highest BCUT2D eigenvalue weighted by molar-refractivity contribution is 5.91. The van der Waals surface area contributed by atoms with Gasteiger partial charge in [0, 0.05) is 11.9 Å². The zero-order valence-electron chi connectivity index (χ0n) is 11.5. The average Bonchev–Trinajstić information content (AvgIpc) is 2.88. The summed E-state index contributed by atoms with van der Waals surface area (Å²) in [6.45, 7) is 1.95. The number of carbonyl (C=O) groups is 1. The van der Waals surface area contributed by atoms with Gasteiger partial charge in [-0.15, -0.1) is 0 Å². The third-order valence-corrected chi connectivity index (χ3v) is 3.14. The Hall–Kier alpha value is -2.95. The van der Waals surface area contributed by atoms with Gasteiger partial charge in [-0.1, -0.05) is 12.1 Å². The number of nitrogens with zero attached hydrogens (tertiary/aromatic N) is 3. The monoisotopic (exact) mass is 278 g/mol. The van der Waals surface area contributed by atoms with E-state index in [-0.39, 0.29) is 0 Å². The van der Waals surface area contributed by atoms with E-state index in [1.807, 2.05) is 55.6 Å². The Morgan fingerprint density at radius 3 is 2.86 bits per heavy atom. The molecule has 2 N–H and O–H groups in total. The number of fused-ring (bicyclic) bond motifs is 1. The molecule has 3 aromatic heterocycles. The van der Waals surface area contributed by atoms with Gasteiger partial charge < -0.3 is 5.73 Å². The molecule has 5 nitrogen and oxygen atoms in total. The molecule has 0 aliphatic heterocycles. The van der Waals surface area contributed by atoms with Gasteiger partial charge in [0.2, 0.25) is 0 Å². The number of hydrogen-bond donors (Lipinski definition) is 1. The number of pyridine rings is 2. The molecule has 0 bridgehead atoms. The minimum Gasteiger partial charge on any atom is -0.364 e. The lowest BCUT2D eigenvalue weighted by Gasteiger charge is -2.00. The summed E-state index contributed by atoms with van der Waals surface area (Å²) in [6.07, 6.45) is 7.17. The van der Waals surface area contributed by atoms with Gasteiger partial charge in [-0.3, -0.25) is 14.2 Å². The molecular formula is C16H14N4O. The Labute approximate surface area is 121 Å². The van der Waals surface area contributed by atoms with E-state index in [4.69, 9.17) is 5.73 Å². The van der Waals surface area contributed by atoms with Crippen LogP contribution in [0.1, 0.15) is 27.4 Å². The van der Waals surface area contributed by atoms with Crippen LogP contribution in [0.25, 0.3) is 17.8 Å². The number of amides is 1. The number of nitrogens with two attached hydrogens (primary N) is 1. The number of hydrogen-bond acceptors (Lipinski definition) is 3. The molecule has 0 radical (unpaired) electrons. The maximum absolute atomic E-state index is 11.3. The first-order valence-electron chi connectivity index (χ1n) is 6.52. The molecule has 0 aromatic carbocycles. The highest BCUT2D eigenvalue weighted by atomic mass is 16.1. The van der Waals surface area contributed by atoms with Crippen molar-refractivity contribution in [3.63, 3.8) is 0 Å². The highest BCUT2D eigenvalue weighted by Gasteiger charge is 2.07. The third kappa shape index (κ3) is 2.67. The van der Waals surface area contributed by atoms with E-state index in [9.17, 15) is 4.79 Å². The fraction of sp³-hybridized carbons (Fsp3) is 0.0625. The van der Waals surface area contributed by atoms with Crippen LogP contribution in [-0.2, 0) is 0 Å². The standard InChI is InChI=1S/C16H14N4O/c1-11-3-2-4-13(19-11)7-5-12-6-8-15-18-9-14(16(17)21)20(15)10-12/h2-10H,1H3,(H2,17,21)/b7-5-. The quantitative estimate of drug-likeness (QED) is 0.799. The van der Waals surface area contributed by atoms with E-state index in [1.54, 1.807) is 4.40 Å². The molecule has 3 rings (SSSR count). The molecule has 104 valence electrons. The van der Waals surface area contributed by atoms with Crippen LogP contribution in [0.3, 0.4) is 0 Å². The fourth-order valence-corrected chi connectivity index (χ4v) is 2.12. The molecule has 0 saturated heterocycles. The molecule has 0 aliphatic carbocycles. The Balaban J connectivity index is 1.97. The second-order valence-corrected chi connectivity index (χ2v) is 4.74. The number of carbonyl (C=O) groups excluding carboxylic acids is 1. The third-order valence-electron chi connectivity index (χ3n) is 3.14. The molecule has 0 unspecified atom stereocenters. The molecule has 0 saturated carbocycles. The van der Waals surface area contributed by atoms with Crippen molar-refractivity contribution in [2.75, 3.05) is 0 Å². The zero-order chi connectivity index (χ0) is 14.8. The normalized spacial score (nSPS) is 11.3. The smallest absolute Gasteiger partial charge is 0.267 e. The van der Waals surface area contributed by atoms with Gasteiger partial charge in [-0.2, -0.15) is 0 Å². The summed E-state index contributed by atoms with van der Waals surface area (Å²) in [6, 6.07) is 9.63. The first-order chi connectivity index (χ1) is 10.1. The van der Waals surface area contributed by atoms with Crippen LogP contribution < -0.4 is 5.73 Å². The fourth-order valence-electron chi connectivity index (χ4n) is 2.12. The van der Waals surface area contributed by atoms with Crippen molar-refractivity contribution in [3.8, 4) is 0 Å². The Kier molecular flexibility index (Phi) is 3.23. The summed E-state index contributed by atoms with van der Waals surface area (Å²) in [5.74, 6) is -0.496. The van der Waals surface area contributed by atoms with Crippen molar-refractivity contribution < 1.29 is 4.79 Å². The summed E-state index contributed by atoms with van der Waals surface area (Å²) in [4.78, 5) is 19.9. The predicted octanol–water partition coefficient (Wildman–Crippen LogP) is 2.31. The number of rotatable bonds is 3. The van der Waals surface area contributed by atoms with Gasteiger partial charge in [0.05, 0.1) is 11.9 Å². The molecule has 0 spiro atoms. The average molecular weight is 278 g/mol. The number of primary amides is 1. The van der Waals surface area contributed by atoms with E-state index in [1.165, 1.54) is 6.20 Å². The van der Waals surface area contributed by atoms with Gasteiger partial charge in [0.1, 0.15) is 11.3 Å². The highest BCUT2D eigenvalue weighted by Crippen LogP contribution is 2.12. The summed E-state index contributed by atoms with van der Waals surface area (Å²) in [5.41, 5.74) is 9.18. The lowest BCUT2D eigenvalue weighted by Crippen LogP contribution is -2.13. The summed E-state index contributed by atoms with van der Waals surface area (Å²) in [7, 11) is 0. The lowest BCUT2D eigenvalue weighted by atomic mass is 10.2. The van der Waals surface area contributed by atoms with Crippen molar-refractivity contribution in [2.24, 2.45) is 5.73 Å². The number of aryl methyl sites for hydroxylation is 1. The van der Waals surface area contributed by atoms with Crippen LogP contribution in [0.15, 0.2) is 42.7 Å². The molecule has 0 atom stereocenters. The van der Waals surface area contributed by atoms with Crippen LogP contribution >= 0.6 is 0 Å². The van der Waals surface area contributed by atoms with Gasteiger partial charge in [-0.25, -0.2) is 4.98 Å². The Morgan fingerprint density at radius 2 is 2.10 bits per heavy atom. The van der Waals surface area contributed by atoms with Crippen LogP contribution in [0, 0.1) is 6.92 Å². The van der Waals surface area contributed by atoms with Gasteiger partial charge >= 0.3 is 0 Å². The Bertz CT molecular complexity index is 848.